The molecule has 0 unspecified atom stereocenters. The molecule has 0 aliphatic heterocycles. The third kappa shape index (κ3) is 5.19. The SMILES string of the molecule is C[C@H](Nc1ccc(C(F)(F)F)cc1[N+](=O)[O-])C(=O)OCC(=O)c1c(N)n(C)c(=O)n(C)c1=O. The van der Waals surface area contributed by atoms with Crippen LogP contribution < -0.4 is 22.3 Å². The van der Waals surface area contributed by atoms with Crippen molar-refractivity contribution in [3.05, 3.63) is 60.3 Å². The maximum atomic E-state index is 12.8. The molecule has 3 N–H and O–H groups in total. The second-order valence-electron chi connectivity index (χ2n) is 6.85. The highest BCUT2D eigenvalue weighted by atomic mass is 19.4. The van der Waals surface area contributed by atoms with Crippen LogP contribution in [0.5, 0.6) is 0 Å². The number of anilines is 2. The van der Waals surface area contributed by atoms with Gasteiger partial charge in [-0.3, -0.25) is 28.8 Å². The third-order valence-corrected chi connectivity index (χ3v) is 4.58. The van der Waals surface area contributed by atoms with E-state index in [4.69, 9.17) is 10.5 Å². The quantitative estimate of drug-likeness (QED) is 0.256. The van der Waals surface area contributed by atoms with Crippen LogP contribution in [-0.4, -0.2) is 38.5 Å². The number of benzene rings is 1. The zero-order valence-electron chi connectivity index (χ0n) is 17.4. The fraction of sp³-hybridized carbons (Fsp3) is 0.333. The summed E-state index contributed by atoms with van der Waals surface area (Å²) in [5, 5.41) is 13.5. The molecule has 0 saturated heterocycles. The first-order valence-corrected chi connectivity index (χ1v) is 9.04. The Balaban J connectivity index is 2.17. The number of nitrogens with two attached hydrogens (primary N) is 1. The summed E-state index contributed by atoms with van der Waals surface area (Å²) in [5.74, 6) is -2.54. The van der Waals surface area contributed by atoms with E-state index in [1.165, 1.54) is 14.0 Å². The van der Waals surface area contributed by atoms with E-state index in [2.05, 4.69) is 5.32 Å². The summed E-state index contributed by atoms with van der Waals surface area (Å²) in [6, 6.07) is 0.357. The molecule has 1 aromatic carbocycles. The van der Waals surface area contributed by atoms with Crippen molar-refractivity contribution in [2.75, 3.05) is 17.7 Å². The fourth-order valence-corrected chi connectivity index (χ4v) is 2.73. The van der Waals surface area contributed by atoms with E-state index < -0.39 is 69.4 Å². The Morgan fingerprint density at radius 3 is 2.39 bits per heavy atom. The lowest BCUT2D eigenvalue weighted by Crippen LogP contribution is -2.42. The number of rotatable bonds is 7. The number of nitro benzene ring substituents is 1. The second kappa shape index (κ2) is 9.13. The van der Waals surface area contributed by atoms with Crippen LogP contribution in [0.1, 0.15) is 22.8 Å². The van der Waals surface area contributed by atoms with E-state index in [1.807, 2.05) is 0 Å². The number of nitrogen functional groups attached to an aromatic ring is 1. The predicted molar refractivity (Wildman–Crippen MR) is 108 cm³/mol. The molecule has 12 nitrogen and oxygen atoms in total. The van der Waals surface area contributed by atoms with E-state index in [0.29, 0.717) is 16.7 Å². The summed E-state index contributed by atoms with van der Waals surface area (Å²) in [6.45, 7) is 0.241. The number of ether oxygens (including phenoxy) is 1. The highest BCUT2D eigenvalue weighted by Gasteiger charge is 2.33. The van der Waals surface area contributed by atoms with Crippen molar-refractivity contribution in [2.24, 2.45) is 14.1 Å². The molecule has 2 rings (SSSR count). The van der Waals surface area contributed by atoms with Gasteiger partial charge in [0.15, 0.2) is 6.61 Å². The lowest BCUT2D eigenvalue weighted by Gasteiger charge is -2.16. The van der Waals surface area contributed by atoms with E-state index >= 15 is 0 Å². The van der Waals surface area contributed by atoms with Gasteiger partial charge in [-0.2, -0.15) is 13.2 Å². The highest BCUT2D eigenvalue weighted by Crippen LogP contribution is 2.35. The average molecular weight is 473 g/mol. The number of carbonyl (C=O) groups is 2. The summed E-state index contributed by atoms with van der Waals surface area (Å²) in [6.07, 6.45) is -4.81. The molecule has 1 aromatic heterocycles. The number of nitrogens with zero attached hydrogens (tertiary/aromatic N) is 3. The van der Waals surface area contributed by atoms with Crippen LogP contribution in [-0.2, 0) is 29.8 Å². The number of carbonyl (C=O) groups excluding carboxylic acids is 2. The van der Waals surface area contributed by atoms with Crippen molar-refractivity contribution in [1.29, 1.82) is 0 Å². The Labute approximate surface area is 182 Å². The summed E-state index contributed by atoms with van der Waals surface area (Å²) in [4.78, 5) is 58.6. The molecule has 1 atom stereocenters. The molecule has 178 valence electrons. The number of nitro groups is 1. The van der Waals surface area contributed by atoms with Crippen molar-refractivity contribution in [1.82, 2.24) is 9.13 Å². The van der Waals surface area contributed by atoms with Gasteiger partial charge in [-0.1, -0.05) is 0 Å². The molecule has 0 aliphatic rings. The minimum absolute atomic E-state index is 0.308. The smallest absolute Gasteiger partial charge is 0.416 e. The maximum absolute atomic E-state index is 12.8. The molecule has 1 heterocycles. The van der Waals surface area contributed by atoms with Crippen LogP contribution in [0.3, 0.4) is 0 Å². The minimum Gasteiger partial charge on any atom is -0.456 e. The molecular formula is C18H18F3N5O7. The normalized spacial score (nSPS) is 12.2. The number of aromatic nitrogens is 2. The van der Waals surface area contributed by atoms with Crippen LogP contribution in [0.2, 0.25) is 0 Å². The molecule has 0 aliphatic carbocycles. The van der Waals surface area contributed by atoms with Gasteiger partial charge in [-0.25, -0.2) is 9.59 Å². The molecular weight excluding hydrogens is 455 g/mol. The minimum atomic E-state index is -4.81. The molecule has 0 spiro atoms. The molecule has 2 aromatic rings. The number of halogens is 3. The molecule has 0 bridgehead atoms. The number of nitrogens with one attached hydrogen (secondary N) is 1. The molecule has 0 amide bonds. The van der Waals surface area contributed by atoms with Gasteiger partial charge >= 0.3 is 17.8 Å². The van der Waals surface area contributed by atoms with Gasteiger partial charge in [0.1, 0.15) is 23.1 Å². The number of alkyl halides is 3. The Kier molecular flexibility index (Phi) is 6.95. The number of ketones is 1. The monoisotopic (exact) mass is 473 g/mol. The first-order valence-electron chi connectivity index (χ1n) is 9.04. The lowest BCUT2D eigenvalue weighted by molar-refractivity contribution is -0.384. The van der Waals surface area contributed by atoms with Crippen LogP contribution in [0.25, 0.3) is 0 Å². The topological polar surface area (TPSA) is 169 Å². The van der Waals surface area contributed by atoms with Gasteiger partial charge < -0.3 is 15.8 Å². The Morgan fingerprint density at radius 1 is 1.24 bits per heavy atom. The Bertz CT molecular complexity index is 1250. The number of esters is 1. The first kappa shape index (κ1) is 25.1. The maximum Gasteiger partial charge on any atom is 0.416 e. The Morgan fingerprint density at radius 2 is 1.85 bits per heavy atom. The summed E-state index contributed by atoms with van der Waals surface area (Å²) >= 11 is 0. The van der Waals surface area contributed by atoms with Crippen LogP contribution in [0, 0.1) is 10.1 Å². The van der Waals surface area contributed by atoms with Crippen molar-refractivity contribution in [3.63, 3.8) is 0 Å². The highest BCUT2D eigenvalue weighted by molar-refractivity contribution is 6.01. The standard InChI is InChI=1S/C18H18F3N5O7/c1-8(23-10-5-4-9(18(19,20)21)6-11(10)26(31)32)16(29)33-7-12(27)13-14(22)24(2)17(30)25(3)15(13)28/h4-6,8,23H,7,22H2,1-3H3/t8-/m0/s1. The van der Waals surface area contributed by atoms with Gasteiger partial charge in [0.05, 0.1) is 10.5 Å². The summed E-state index contributed by atoms with van der Waals surface area (Å²) in [7, 11) is 2.35. The van der Waals surface area contributed by atoms with E-state index in [1.54, 1.807) is 0 Å². The van der Waals surface area contributed by atoms with Gasteiger partial charge in [0.2, 0.25) is 5.78 Å². The molecule has 0 radical (unpaired) electrons. The molecule has 15 heteroatoms. The third-order valence-electron chi connectivity index (χ3n) is 4.58. The predicted octanol–water partition coefficient (Wildman–Crippen LogP) is 0.820. The van der Waals surface area contributed by atoms with Crippen molar-refractivity contribution in [2.45, 2.75) is 19.1 Å². The van der Waals surface area contributed by atoms with Crippen molar-refractivity contribution >= 4 is 28.9 Å². The van der Waals surface area contributed by atoms with Crippen LogP contribution in [0.15, 0.2) is 27.8 Å². The van der Waals surface area contributed by atoms with Gasteiger partial charge in [-0.05, 0) is 19.1 Å². The van der Waals surface area contributed by atoms with Crippen LogP contribution in [0.4, 0.5) is 30.4 Å². The average Bonchev–Trinajstić information content (AvgIpc) is 2.73. The van der Waals surface area contributed by atoms with Gasteiger partial charge in [0.25, 0.3) is 11.2 Å². The second-order valence-corrected chi connectivity index (χ2v) is 6.85. The molecule has 0 saturated carbocycles. The fourth-order valence-electron chi connectivity index (χ4n) is 2.73. The summed E-state index contributed by atoms with van der Waals surface area (Å²) < 4.78 is 44.7. The number of hydrogen-bond acceptors (Lipinski definition) is 9. The van der Waals surface area contributed by atoms with Gasteiger partial charge in [0, 0.05) is 20.2 Å². The first-order chi connectivity index (χ1) is 15.2. The Hall–Kier alpha value is -4.17. The van der Waals surface area contributed by atoms with E-state index in [-0.39, 0.29) is 5.69 Å². The lowest BCUT2D eigenvalue weighted by atomic mass is 10.1. The van der Waals surface area contributed by atoms with Gasteiger partial charge in [-0.15, -0.1) is 0 Å². The molecule has 0 fully saturated rings. The zero-order valence-corrected chi connectivity index (χ0v) is 17.4. The van der Waals surface area contributed by atoms with Crippen LogP contribution >= 0.6 is 0 Å². The van der Waals surface area contributed by atoms with Crippen molar-refractivity contribution < 1.29 is 32.4 Å². The molecule has 33 heavy (non-hydrogen) atoms. The largest absolute Gasteiger partial charge is 0.456 e. The van der Waals surface area contributed by atoms with Crippen molar-refractivity contribution in [3.8, 4) is 0 Å². The zero-order chi connectivity index (χ0) is 25.2. The number of Topliss-reactive ketones (excluding diaryl/α,β-unsaturated/α-hetero) is 1. The summed E-state index contributed by atoms with van der Waals surface area (Å²) in [5.41, 5.74) is 0.721. The van der Waals surface area contributed by atoms with E-state index in [9.17, 15) is 42.5 Å². The number of hydrogen-bond donors (Lipinski definition) is 2. The van der Waals surface area contributed by atoms with E-state index in [0.717, 1.165) is 17.7 Å².